The fourth-order valence-corrected chi connectivity index (χ4v) is 4.95. The summed E-state index contributed by atoms with van der Waals surface area (Å²) in [6.07, 6.45) is 4.90. The van der Waals surface area contributed by atoms with Crippen LogP contribution in [-0.4, -0.2) is 36.7 Å². The van der Waals surface area contributed by atoms with Crippen molar-refractivity contribution in [2.75, 3.05) is 19.7 Å². The lowest BCUT2D eigenvalue weighted by molar-refractivity contribution is -0.142. The highest BCUT2D eigenvalue weighted by Crippen LogP contribution is 2.52. The zero-order valence-corrected chi connectivity index (χ0v) is 15.5. The van der Waals surface area contributed by atoms with E-state index >= 15 is 0 Å². The van der Waals surface area contributed by atoms with Gasteiger partial charge in [-0.15, -0.1) is 6.58 Å². The first-order valence-electron chi connectivity index (χ1n) is 9.79. The summed E-state index contributed by atoms with van der Waals surface area (Å²) in [7, 11) is 0. The monoisotopic (exact) mass is 357 g/mol. The van der Waals surface area contributed by atoms with Gasteiger partial charge in [-0.25, -0.2) is 4.39 Å². The van der Waals surface area contributed by atoms with E-state index in [1.807, 2.05) is 4.90 Å². The SMILES string of the molecule is C=CCO[C@@H]1CC2(CCN(C(=O)C3CC(F)C3)CC2)c2cc(C)ccc21. The van der Waals surface area contributed by atoms with Crippen LogP contribution < -0.4 is 0 Å². The Balaban J connectivity index is 1.50. The quantitative estimate of drug-likeness (QED) is 0.754. The molecular weight excluding hydrogens is 329 g/mol. The predicted octanol–water partition coefficient (Wildman–Crippen LogP) is 4.25. The summed E-state index contributed by atoms with van der Waals surface area (Å²) in [6, 6.07) is 6.68. The molecule has 1 saturated carbocycles. The van der Waals surface area contributed by atoms with Gasteiger partial charge in [-0.1, -0.05) is 29.8 Å². The van der Waals surface area contributed by atoms with Gasteiger partial charge in [0, 0.05) is 24.4 Å². The van der Waals surface area contributed by atoms with Crippen LogP contribution in [0.15, 0.2) is 30.9 Å². The van der Waals surface area contributed by atoms with E-state index in [1.54, 1.807) is 6.08 Å². The molecule has 140 valence electrons. The summed E-state index contributed by atoms with van der Waals surface area (Å²) in [5.41, 5.74) is 4.09. The van der Waals surface area contributed by atoms with Gasteiger partial charge in [0.15, 0.2) is 0 Å². The van der Waals surface area contributed by atoms with Crippen molar-refractivity contribution in [1.82, 2.24) is 4.90 Å². The summed E-state index contributed by atoms with van der Waals surface area (Å²) in [5.74, 6) is 0.0801. The van der Waals surface area contributed by atoms with Gasteiger partial charge in [-0.05, 0) is 50.2 Å². The number of amides is 1. The molecule has 1 aromatic rings. The van der Waals surface area contributed by atoms with Crippen molar-refractivity contribution in [1.29, 1.82) is 0 Å². The molecule has 0 N–H and O–H groups in total. The van der Waals surface area contributed by atoms with Crippen LogP contribution >= 0.6 is 0 Å². The number of carbonyl (C=O) groups is 1. The summed E-state index contributed by atoms with van der Waals surface area (Å²) in [4.78, 5) is 14.5. The Morgan fingerprint density at radius 3 is 2.77 bits per heavy atom. The molecule has 1 spiro atoms. The number of alkyl halides is 1. The maximum atomic E-state index is 13.1. The average Bonchev–Trinajstić information content (AvgIpc) is 2.90. The molecule has 1 saturated heterocycles. The molecule has 1 aromatic carbocycles. The number of benzene rings is 1. The number of carbonyl (C=O) groups excluding carboxylic acids is 1. The minimum Gasteiger partial charge on any atom is -0.369 e. The highest BCUT2D eigenvalue weighted by molar-refractivity contribution is 5.80. The van der Waals surface area contributed by atoms with Crippen LogP contribution in [0.1, 0.15) is 54.9 Å². The zero-order valence-electron chi connectivity index (χ0n) is 15.5. The number of aryl methyl sites for hydroxylation is 1. The largest absolute Gasteiger partial charge is 0.369 e. The molecule has 3 aliphatic rings. The Morgan fingerprint density at radius 1 is 1.38 bits per heavy atom. The van der Waals surface area contributed by atoms with E-state index < -0.39 is 6.17 Å². The Kier molecular flexibility index (Phi) is 4.64. The van der Waals surface area contributed by atoms with E-state index in [0.29, 0.717) is 19.4 Å². The van der Waals surface area contributed by atoms with Crippen molar-refractivity contribution in [2.45, 2.75) is 56.7 Å². The van der Waals surface area contributed by atoms with Crippen LogP contribution in [0.25, 0.3) is 0 Å². The van der Waals surface area contributed by atoms with Gasteiger partial charge in [0.1, 0.15) is 6.17 Å². The summed E-state index contributed by atoms with van der Waals surface area (Å²) in [5, 5.41) is 0. The predicted molar refractivity (Wildman–Crippen MR) is 99.8 cm³/mol. The van der Waals surface area contributed by atoms with Crippen molar-refractivity contribution in [3.63, 3.8) is 0 Å². The molecule has 0 unspecified atom stereocenters. The van der Waals surface area contributed by atoms with Crippen molar-refractivity contribution in [3.8, 4) is 0 Å². The minimum absolute atomic E-state index is 0.0826. The molecule has 1 aliphatic heterocycles. The number of hydrogen-bond acceptors (Lipinski definition) is 2. The van der Waals surface area contributed by atoms with Crippen LogP contribution in [0.5, 0.6) is 0 Å². The van der Waals surface area contributed by atoms with Crippen molar-refractivity contribution in [2.24, 2.45) is 5.92 Å². The second-order valence-electron chi connectivity index (χ2n) is 8.28. The summed E-state index contributed by atoms with van der Waals surface area (Å²) < 4.78 is 19.1. The van der Waals surface area contributed by atoms with Gasteiger partial charge >= 0.3 is 0 Å². The van der Waals surface area contributed by atoms with Gasteiger partial charge in [0.2, 0.25) is 5.91 Å². The highest BCUT2D eigenvalue weighted by Gasteiger charge is 2.47. The molecule has 2 fully saturated rings. The molecule has 3 nitrogen and oxygen atoms in total. The van der Waals surface area contributed by atoms with Crippen LogP contribution in [0.3, 0.4) is 0 Å². The Labute approximate surface area is 155 Å². The number of nitrogens with zero attached hydrogens (tertiary/aromatic N) is 1. The Hall–Kier alpha value is -1.68. The number of hydrogen-bond donors (Lipinski definition) is 0. The fourth-order valence-electron chi connectivity index (χ4n) is 4.95. The first-order chi connectivity index (χ1) is 12.5. The summed E-state index contributed by atoms with van der Waals surface area (Å²) in [6.45, 7) is 8.00. The molecule has 1 heterocycles. The Morgan fingerprint density at radius 2 is 2.12 bits per heavy atom. The van der Waals surface area contributed by atoms with E-state index in [-0.39, 0.29) is 23.3 Å². The lowest BCUT2D eigenvalue weighted by atomic mass is 9.73. The molecule has 0 radical (unpaired) electrons. The third kappa shape index (κ3) is 2.98. The number of halogens is 1. The normalized spacial score (nSPS) is 29.3. The lowest BCUT2D eigenvalue weighted by Gasteiger charge is -2.42. The summed E-state index contributed by atoms with van der Waals surface area (Å²) >= 11 is 0. The van der Waals surface area contributed by atoms with E-state index in [4.69, 9.17) is 4.74 Å². The third-order valence-electron chi connectivity index (χ3n) is 6.58. The fraction of sp³-hybridized carbons (Fsp3) is 0.591. The highest BCUT2D eigenvalue weighted by atomic mass is 19.1. The second kappa shape index (κ2) is 6.80. The van der Waals surface area contributed by atoms with Gasteiger partial charge in [-0.3, -0.25) is 4.79 Å². The van der Waals surface area contributed by atoms with Crippen molar-refractivity contribution < 1.29 is 13.9 Å². The van der Waals surface area contributed by atoms with Gasteiger partial charge < -0.3 is 9.64 Å². The lowest BCUT2D eigenvalue weighted by Crippen LogP contribution is -2.49. The second-order valence-corrected chi connectivity index (χ2v) is 8.28. The first kappa shape index (κ1) is 17.7. The Bertz CT molecular complexity index is 702. The maximum absolute atomic E-state index is 13.1. The molecule has 1 atom stereocenters. The topological polar surface area (TPSA) is 29.5 Å². The number of rotatable bonds is 4. The molecule has 2 aliphatic carbocycles. The molecule has 4 heteroatoms. The molecule has 0 bridgehead atoms. The average molecular weight is 357 g/mol. The van der Waals surface area contributed by atoms with Gasteiger partial charge in [0.25, 0.3) is 0 Å². The standard InChI is InChI=1S/C22H28FNO2/c1-3-10-26-20-14-22(19-11-15(2)4-5-18(19)20)6-8-24(9-7-22)21(25)16-12-17(23)13-16/h3-5,11,16-17,20H,1,6-10,12-14H2,2H3/t16?,17?,20-/m1/s1. The van der Waals surface area contributed by atoms with Crippen LogP contribution in [0, 0.1) is 12.8 Å². The molecular formula is C22H28FNO2. The van der Waals surface area contributed by atoms with Crippen molar-refractivity contribution in [3.05, 3.63) is 47.5 Å². The van der Waals surface area contributed by atoms with Gasteiger partial charge in [-0.2, -0.15) is 0 Å². The zero-order chi connectivity index (χ0) is 18.3. The van der Waals surface area contributed by atoms with E-state index in [9.17, 15) is 9.18 Å². The number of ether oxygens (including phenoxy) is 1. The van der Waals surface area contributed by atoms with Crippen LogP contribution in [0.2, 0.25) is 0 Å². The minimum atomic E-state index is -0.771. The molecule has 4 rings (SSSR count). The van der Waals surface area contributed by atoms with Crippen LogP contribution in [-0.2, 0) is 14.9 Å². The first-order valence-corrected chi connectivity index (χ1v) is 9.79. The smallest absolute Gasteiger partial charge is 0.225 e. The molecule has 1 amide bonds. The third-order valence-corrected chi connectivity index (χ3v) is 6.58. The van der Waals surface area contributed by atoms with Crippen LogP contribution in [0.4, 0.5) is 4.39 Å². The maximum Gasteiger partial charge on any atom is 0.225 e. The van der Waals surface area contributed by atoms with Crippen molar-refractivity contribution >= 4 is 5.91 Å². The van der Waals surface area contributed by atoms with Gasteiger partial charge in [0.05, 0.1) is 12.7 Å². The van der Waals surface area contributed by atoms with E-state index in [2.05, 4.69) is 31.7 Å². The number of likely N-dealkylation sites (tertiary alicyclic amines) is 1. The molecule has 0 aromatic heterocycles. The molecule has 26 heavy (non-hydrogen) atoms. The van der Waals surface area contributed by atoms with E-state index in [0.717, 1.165) is 32.4 Å². The number of piperidine rings is 1. The van der Waals surface area contributed by atoms with E-state index in [1.165, 1.54) is 16.7 Å². The number of fused-ring (bicyclic) bond motifs is 2.